The summed E-state index contributed by atoms with van der Waals surface area (Å²) in [5.41, 5.74) is 0.558. The number of carbonyl (C=O) groups is 1. The third-order valence-corrected chi connectivity index (χ3v) is 1.58. The Bertz CT molecular complexity index is 272. The van der Waals surface area contributed by atoms with Crippen LogP contribution in [-0.4, -0.2) is 18.6 Å². The second-order valence-electron chi connectivity index (χ2n) is 2.86. The van der Waals surface area contributed by atoms with Crippen molar-refractivity contribution < 1.29 is 9.18 Å². The third kappa shape index (κ3) is 3.23. The van der Waals surface area contributed by atoms with Crippen LogP contribution >= 0.6 is 0 Å². The van der Waals surface area contributed by atoms with E-state index in [4.69, 9.17) is 0 Å². The standard InChI is InChI=1S/C10H12FNO/c1-8(11)7-12-10(13)9-5-3-2-4-6-9/h2-6,8H,7H2,1H3,(H,12,13)/i11-1. The largest absolute Gasteiger partial charge is 0.349 e. The summed E-state index contributed by atoms with van der Waals surface area (Å²) in [7, 11) is 0. The minimum Gasteiger partial charge on any atom is -0.349 e. The second-order valence-corrected chi connectivity index (χ2v) is 2.86. The molecule has 0 aliphatic rings. The van der Waals surface area contributed by atoms with Crippen LogP contribution in [0.15, 0.2) is 30.3 Å². The first-order valence-electron chi connectivity index (χ1n) is 4.17. The number of hydrogen-bond donors (Lipinski definition) is 1. The summed E-state index contributed by atoms with van der Waals surface area (Å²) >= 11 is 0. The Balaban J connectivity index is 2.50. The van der Waals surface area contributed by atoms with E-state index in [0.29, 0.717) is 5.56 Å². The third-order valence-electron chi connectivity index (χ3n) is 1.58. The van der Waals surface area contributed by atoms with E-state index in [1.807, 2.05) is 6.07 Å². The normalized spacial score (nSPS) is 12.2. The minimum atomic E-state index is -1.01. The van der Waals surface area contributed by atoms with Crippen LogP contribution < -0.4 is 5.32 Å². The molecule has 0 fully saturated rings. The maximum absolute atomic E-state index is 12.4. The fourth-order valence-corrected chi connectivity index (χ4v) is 0.925. The smallest absolute Gasteiger partial charge is 0.251 e. The van der Waals surface area contributed by atoms with Crippen molar-refractivity contribution in [2.24, 2.45) is 0 Å². The highest BCUT2D eigenvalue weighted by Crippen LogP contribution is 1.97. The molecule has 13 heavy (non-hydrogen) atoms. The van der Waals surface area contributed by atoms with Crippen LogP contribution in [-0.2, 0) is 0 Å². The maximum atomic E-state index is 12.4. The number of alkyl halides is 1. The van der Waals surface area contributed by atoms with E-state index in [1.165, 1.54) is 6.92 Å². The van der Waals surface area contributed by atoms with Crippen molar-refractivity contribution in [1.29, 1.82) is 0 Å². The molecule has 0 aromatic heterocycles. The van der Waals surface area contributed by atoms with Gasteiger partial charge in [-0.15, -0.1) is 0 Å². The van der Waals surface area contributed by atoms with E-state index in [1.54, 1.807) is 24.3 Å². The van der Waals surface area contributed by atoms with E-state index in [2.05, 4.69) is 5.32 Å². The molecule has 0 heterocycles. The Kier molecular flexibility index (Phi) is 3.43. The van der Waals surface area contributed by atoms with Crippen LogP contribution in [0.1, 0.15) is 17.3 Å². The number of amides is 1. The van der Waals surface area contributed by atoms with Crippen LogP contribution in [0.25, 0.3) is 0 Å². The van der Waals surface area contributed by atoms with Gasteiger partial charge in [0.2, 0.25) is 0 Å². The van der Waals surface area contributed by atoms with Crippen LogP contribution in [0.4, 0.5) is 4.39 Å². The SMILES string of the molecule is CC([18F])CNC(=O)c1ccccc1. The van der Waals surface area contributed by atoms with E-state index in [-0.39, 0.29) is 12.5 Å². The van der Waals surface area contributed by atoms with Crippen LogP contribution in [0.5, 0.6) is 0 Å². The first-order chi connectivity index (χ1) is 6.20. The minimum absolute atomic E-state index is 0.0632. The number of nitrogens with one attached hydrogen (secondary N) is 1. The van der Waals surface area contributed by atoms with Gasteiger partial charge in [0.1, 0.15) is 6.17 Å². The number of hydrogen-bond acceptors (Lipinski definition) is 1. The topological polar surface area (TPSA) is 29.1 Å². The lowest BCUT2D eigenvalue weighted by Crippen LogP contribution is -2.28. The van der Waals surface area contributed by atoms with Crippen molar-refractivity contribution in [2.45, 2.75) is 13.1 Å². The highest BCUT2D eigenvalue weighted by Gasteiger charge is 2.05. The number of halogens is 1. The molecule has 70 valence electrons. The average molecular weight is 180 g/mol. The molecule has 1 atom stereocenters. The summed E-state index contributed by atoms with van der Waals surface area (Å²) in [6.07, 6.45) is -1.01. The summed E-state index contributed by atoms with van der Waals surface area (Å²) in [6.45, 7) is 1.47. The van der Waals surface area contributed by atoms with Gasteiger partial charge in [-0.2, -0.15) is 0 Å². The molecule has 1 aromatic rings. The van der Waals surface area contributed by atoms with Gasteiger partial charge < -0.3 is 5.32 Å². The van der Waals surface area contributed by atoms with Gasteiger partial charge in [-0.05, 0) is 19.1 Å². The summed E-state index contributed by atoms with van der Waals surface area (Å²) < 4.78 is 12.4. The van der Waals surface area contributed by atoms with Crippen molar-refractivity contribution in [3.8, 4) is 0 Å². The molecule has 0 spiro atoms. The van der Waals surface area contributed by atoms with E-state index in [0.717, 1.165) is 0 Å². The van der Waals surface area contributed by atoms with Crippen LogP contribution in [0.2, 0.25) is 0 Å². The number of rotatable bonds is 3. The van der Waals surface area contributed by atoms with Crippen LogP contribution in [0, 0.1) is 0 Å². The Morgan fingerprint density at radius 1 is 1.46 bits per heavy atom. The molecular weight excluding hydrogens is 168 g/mol. The average Bonchev–Trinajstić information content (AvgIpc) is 2.15. The highest BCUT2D eigenvalue weighted by molar-refractivity contribution is 5.94. The monoisotopic (exact) mass is 180 g/mol. The molecule has 0 aliphatic heterocycles. The number of benzene rings is 1. The second kappa shape index (κ2) is 4.60. The molecule has 2 nitrogen and oxygen atoms in total. The molecule has 0 radical (unpaired) electrons. The predicted molar refractivity (Wildman–Crippen MR) is 49.3 cm³/mol. The molecular formula is C10H12FNO. The molecule has 1 rings (SSSR count). The quantitative estimate of drug-likeness (QED) is 0.754. The van der Waals surface area contributed by atoms with Crippen molar-refractivity contribution in [2.75, 3.05) is 6.54 Å². The molecule has 1 unspecified atom stereocenters. The zero-order valence-corrected chi connectivity index (χ0v) is 7.46. The van der Waals surface area contributed by atoms with Crippen molar-refractivity contribution in [1.82, 2.24) is 5.32 Å². The fourth-order valence-electron chi connectivity index (χ4n) is 0.925. The summed E-state index contributed by atoms with van der Waals surface area (Å²) in [6, 6.07) is 8.76. The molecule has 0 bridgehead atoms. The van der Waals surface area contributed by atoms with Gasteiger partial charge in [-0.3, -0.25) is 4.79 Å². The Morgan fingerprint density at radius 3 is 2.62 bits per heavy atom. The Hall–Kier alpha value is -1.38. The van der Waals surface area contributed by atoms with Gasteiger partial charge in [-0.1, -0.05) is 18.2 Å². The van der Waals surface area contributed by atoms with Crippen molar-refractivity contribution in [3.63, 3.8) is 0 Å². The lowest BCUT2D eigenvalue weighted by Gasteiger charge is -2.04. The predicted octanol–water partition coefficient (Wildman–Crippen LogP) is 1.77. The van der Waals surface area contributed by atoms with E-state index >= 15 is 0 Å². The van der Waals surface area contributed by atoms with Gasteiger partial charge in [0, 0.05) is 12.1 Å². The number of carbonyl (C=O) groups excluding carboxylic acids is 1. The van der Waals surface area contributed by atoms with Crippen molar-refractivity contribution >= 4 is 5.91 Å². The lowest BCUT2D eigenvalue weighted by molar-refractivity contribution is 0.0943. The summed E-state index contributed by atoms with van der Waals surface area (Å²) in [5.74, 6) is -0.231. The van der Waals surface area contributed by atoms with Crippen molar-refractivity contribution in [3.05, 3.63) is 35.9 Å². The van der Waals surface area contributed by atoms with Gasteiger partial charge >= 0.3 is 0 Å². The van der Waals surface area contributed by atoms with Gasteiger partial charge in [0.15, 0.2) is 0 Å². The Morgan fingerprint density at radius 2 is 2.08 bits per heavy atom. The van der Waals surface area contributed by atoms with Crippen LogP contribution in [0.3, 0.4) is 0 Å². The van der Waals surface area contributed by atoms with Gasteiger partial charge in [0.25, 0.3) is 5.91 Å². The zero-order valence-electron chi connectivity index (χ0n) is 7.46. The lowest BCUT2D eigenvalue weighted by atomic mass is 10.2. The Labute approximate surface area is 76.8 Å². The molecule has 3 heteroatoms. The summed E-state index contributed by atoms with van der Waals surface area (Å²) in [5, 5.41) is 2.48. The van der Waals surface area contributed by atoms with Gasteiger partial charge in [0.05, 0.1) is 0 Å². The first kappa shape index (κ1) is 9.71. The first-order valence-corrected chi connectivity index (χ1v) is 4.17. The molecule has 1 amide bonds. The molecule has 0 saturated heterocycles. The highest BCUT2D eigenvalue weighted by atomic mass is 18.2. The van der Waals surface area contributed by atoms with E-state index < -0.39 is 6.17 Å². The molecule has 0 saturated carbocycles. The maximum Gasteiger partial charge on any atom is 0.251 e. The zero-order chi connectivity index (χ0) is 9.68. The van der Waals surface area contributed by atoms with E-state index in [9.17, 15) is 9.18 Å². The molecule has 1 N–H and O–H groups in total. The molecule has 1 aromatic carbocycles. The van der Waals surface area contributed by atoms with Gasteiger partial charge in [-0.25, -0.2) is 4.39 Å². The molecule has 0 aliphatic carbocycles. The summed E-state index contributed by atoms with van der Waals surface area (Å²) in [4.78, 5) is 11.3. The fraction of sp³-hybridized carbons (Fsp3) is 0.300.